The van der Waals surface area contributed by atoms with Gasteiger partial charge in [-0.2, -0.15) is 0 Å². The molecule has 47 heavy (non-hydrogen) atoms. The fourth-order valence-electron chi connectivity index (χ4n) is 5.41. The largest absolute Gasteiger partial charge is 3.00 e. The number of halogens is 4. The van der Waals surface area contributed by atoms with Crippen molar-refractivity contribution in [3.63, 3.8) is 0 Å². The van der Waals surface area contributed by atoms with Gasteiger partial charge in [0.2, 0.25) is 0 Å². The van der Waals surface area contributed by atoms with Crippen molar-refractivity contribution in [1.29, 1.82) is 0 Å². The Labute approximate surface area is 342 Å². The third kappa shape index (κ3) is 12.3. The van der Waals surface area contributed by atoms with Crippen LogP contribution in [0.3, 0.4) is 0 Å². The second-order valence-corrected chi connectivity index (χ2v) is 14.4. The molecule has 0 unspecified atom stereocenters. The van der Waals surface area contributed by atoms with Gasteiger partial charge in [-0.25, -0.2) is 4.98 Å². The molecule has 0 fully saturated rings. The molecule has 0 aliphatic rings. The number of hydrogen-bond acceptors (Lipinski definition) is 3. The van der Waals surface area contributed by atoms with E-state index in [2.05, 4.69) is 107 Å². The quantitative estimate of drug-likeness (QED) is 0.287. The van der Waals surface area contributed by atoms with Crippen LogP contribution < -0.4 is 37.2 Å². The van der Waals surface area contributed by atoms with Crippen molar-refractivity contribution in [3.05, 3.63) is 86.2 Å². The normalized spacial score (nSPS) is 12.0. The van der Waals surface area contributed by atoms with E-state index in [9.17, 15) is 0 Å². The first-order valence-electron chi connectivity index (χ1n) is 16.2. The maximum atomic E-state index is 6.73. The summed E-state index contributed by atoms with van der Waals surface area (Å²) in [6.07, 6.45) is 0. The number of rotatable bonds is 10. The number of nitrogens with zero attached hydrogens (tertiary/aromatic N) is 3. The monoisotopic (exact) mass is 846 g/mol. The van der Waals surface area contributed by atoms with Crippen LogP contribution in [0.1, 0.15) is 177 Å². The molecule has 0 aliphatic heterocycles. The van der Waals surface area contributed by atoms with Gasteiger partial charge in [0, 0.05) is 5.02 Å². The van der Waals surface area contributed by atoms with Crippen molar-refractivity contribution in [3.8, 4) is 0 Å². The average Bonchev–Trinajstić information content (AvgIpc) is 2.91. The first kappa shape index (κ1) is 48.6. The molecular formula is C39H54Cl4N3Nd. The van der Waals surface area contributed by atoms with Gasteiger partial charge in [-0.15, -0.1) is 0 Å². The van der Waals surface area contributed by atoms with Crippen LogP contribution in [-0.4, -0.2) is 16.4 Å². The summed E-state index contributed by atoms with van der Waals surface area (Å²) in [6.45, 7) is 31.1. The fourth-order valence-corrected chi connectivity index (χ4v) is 5.62. The van der Waals surface area contributed by atoms with E-state index in [1.54, 1.807) is 0 Å². The van der Waals surface area contributed by atoms with E-state index in [1.807, 2.05) is 26.0 Å². The molecule has 0 atom stereocenters. The zero-order valence-electron chi connectivity index (χ0n) is 30.8. The van der Waals surface area contributed by atoms with Gasteiger partial charge in [0.05, 0.1) is 34.2 Å². The van der Waals surface area contributed by atoms with Crippen LogP contribution in [0.5, 0.6) is 0 Å². The van der Waals surface area contributed by atoms with Crippen molar-refractivity contribution in [2.45, 2.75) is 132 Å². The molecule has 0 saturated carbocycles. The Hall–Kier alpha value is -0.559. The van der Waals surface area contributed by atoms with Crippen LogP contribution in [0.2, 0.25) is 5.02 Å². The van der Waals surface area contributed by atoms with Crippen LogP contribution in [0.4, 0.5) is 11.4 Å². The molecule has 1 radical (unpaired) electrons. The van der Waals surface area contributed by atoms with Crippen LogP contribution in [0.15, 0.2) is 46.4 Å². The molecule has 8 heteroatoms. The minimum atomic E-state index is 0. The Bertz CT molecular complexity index is 1350. The van der Waals surface area contributed by atoms with Crippen LogP contribution in [0.25, 0.3) is 0 Å². The number of aliphatic imine (C=N–C) groups is 2. The minimum absolute atomic E-state index is 0. The molecule has 3 rings (SSSR count). The molecule has 3 aromatic rings. The molecule has 0 amide bonds. The van der Waals surface area contributed by atoms with E-state index in [0.717, 1.165) is 34.2 Å². The molecule has 2 aromatic carbocycles. The molecule has 257 valence electrons. The Morgan fingerprint density at radius 2 is 0.745 bits per heavy atom. The topological polar surface area (TPSA) is 37.6 Å². The Morgan fingerprint density at radius 3 is 0.957 bits per heavy atom. The second kappa shape index (κ2) is 21.0. The summed E-state index contributed by atoms with van der Waals surface area (Å²) in [4.78, 5) is 15.6. The summed E-state index contributed by atoms with van der Waals surface area (Å²) in [5.74, 6) is 2.34. The summed E-state index contributed by atoms with van der Waals surface area (Å²) < 4.78 is 0. The van der Waals surface area contributed by atoms with Gasteiger partial charge in [-0.3, -0.25) is 9.98 Å². The zero-order chi connectivity index (χ0) is 32.3. The molecule has 0 spiro atoms. The molecule has 1 heterocycles. The van der Waals surface area contributed by atoms with Crippen LogP contribution in [-0.2, 0) is 0 Å². The summed E-state index contributed by atoms with van der Waals surface area (Å²) in [6, 6.07) is 13.2. The van der Waals surface area contributed by atoms with E-state index >= 15 is 0 Å². The van der Waals surface area contributed by atoms with E-state index in [-0.39, 0.29) is 78.1 Å². The van der Waals surface area contributed by atoms with Gasteiger partial charge in [0.15, 0.2) is 0 Å². The van der Waals surface area contributed by atoms with Crippen molar-refractivity contribution < 1.29 is 78.1 Å². The molecule has 0 saturated heterocycles. The summed E-state index contributed by atoms with van der Waals surface area (Å²) in [5.41, 5.74) is 13.2. The molecule has 0 N–H and O–H groups in total. The van der Waals surface area contributed by atoms with E-state index in [0.29, 0.717) is 40.5 Å². The van der Waals surface area contributed by atoms with Gasteiger partial charge in [0.1, 0.15) is 0 Å². The molecule has 1 aromatic heterocycles. The number of pyridine rings is 1. The maximum absolute atomic E-state index is 6.73. The molecule has 0 aliphatic carbocycles. The zero-order valence-corrected chi connectivity index (χ0v) is 37.0. The average molecular weight is 851 g/mol. The smallest absolute Gasteiger partial charge is 1.00 e. The fraction of sp³-hybridized carbons (Fsp3) is 0.513. The van der Waals surface area contributed by atoms with Gasteiger partial charge in [-0.1, -0.05) is 119 Å². The molecule has 0 bridgehead atoms. The van der Waals surface area contributed by atoms with Crippen molar-refractivity contribution in [2.24, 2.45) is 9.98 Å². The van der Waals surface area contributed by atoms with Crippen LogP contribution >= 0.6 is 11.6 Å². The predicted octanol–water partition coefficient (Wildman–Crippen LogP) is 3.77. The molecular weight excluding hydrogens is 797 g/mol. The Morgan fingerprint density at radius 1 is 0.489 bits per heavy atom. The third-order valence-electron chi connectivity index (χ3n) is 8.29. The molecule has 3 nitrogen and oxygen atoms in total. The minimum Gasteiger partial charge on any atom is -1.00 e. The standard InChI is InChI=1S/C39H54ClN3.3ClH.Nd/c1-21(2)29-15-32(23(5)6)38(33(16-29)24(7)8)41-27(13)36-19-31(40)20-37(43-36)28(14)42-39-34(25(9)10)17-30(22(3)4)18-35(39)26(11)12;;;;/h15-26H,1-14H3;3*1H;/q;;;;+3/p-3. The summed E-state index contributed by atoms with van der Waals surface area (Å²) in [7, 11) is 0. The first-order chi connectivity index (χ1) is 20.0. The van der Waals surface area contributed by atoms with Crippen LogP contribution in [0, 0.1) is 40.8 Å². The van der Waals surface area contributed by atoms with Gasteiger partial charge in [0.25, 0.3) is 0 Å². The number of benzene rings is 2. The number of aromatic nitrogens is 1. The van der Waals surface area contributed by atoms with Gasteiger partial charge >= 0.3 is 40.8 Å². The number of hydrogen-bond donors (Lipinski definition) is 0. The maximum Gasteiger partial charge on any atom is 3.00 e. The Kier molecular flexibility index (Phi) is 21.6. The summed E-state index contributed by atoms with van der Waals surface area (Å²) >= 11 is 6.73. The van der Waals surface area contributed by atoms with Crippen molar-refractivity contribution in [1.82, 2.24) is 4.98 Å². The van der Waals surface area contributed by atoms with E-state index < -0.39 is 0 Å². The van der Waals surface area contributed by atoms with Crippen molar-refractivity contribution >= 4 is 34.4 Å². The van der Waals surface area contributed by atoms with Crippen molar-refractivity contribution in [2.75, 3.05) is 0 Å². The predicted molar refractivity (Wildman–Crippen MR) is 190 cm³/mol. The second-order valence-electron chi connectivity index (χ2n) is 14.0. The van der Waals surface area contributed by atoms with Gasteiger partial charge < -0.3 is 37.2 Å². The van der Waals surface area contributed by atoms with Gasteiger partial charge in [-0.05, 0) is 94.9 Å². The SMILES string of the molecule is CC(=Nc1c(C(C)C)cc(C(C)C)cc1C(C)C)c1cc(Cl)cc(C(C)=Nc2c(C(C)C)cc(C(C)C)cc2C(C)C)n1.[Cl-].[Cl-].[Cl-].[Nd+3]. The Balaban J connectivity index is 0. The van der Waals surface area contributed by atoms with E-state index in [4.69, 9.17) is 26.6 Å². The first-order valence-corrected chi connectivity index (χ1v) is 16.5. The third-order valence-corrected chi connectivity index (χ3v) is 8.51. The van der Waals surface area contributed by atoms with E-state index in [1.165, 1.54) is 33.4 Å². The summed E-state index contributed by atoms with van der Waals surface area (Å²) in [5, 5.41) is 0.635.